The van der Waals surface area contributed by atoms with Crippen molar-refractivity contribution >= 4 is 11.8 Å². The molecule has 2 heterocycles. The maximum absolute atomic E-state index is 13.3. The van der Waals surface area contributed by atoms with Crippen molar-refractivity contribution in [3.8, 4) is 17.3 Å². The van der Waals surface area contributed by atoms with Crippen LogP contribution in [0.2, 0.25) is 0 Å². The molecule has 0 atom stereocenters. The first-order chi connectivity index (χ1) is 22.5. The molecule has 0 saturated carbocycles. The van der Waals surface area contributed by atoms with E-state index >= 15 is 0 Å². The highest BCUT2D eigenvalue weighted by Gasteiger charge is 2.22. The van der Waals surface area contributed by atoms with Crippen molar-refractivity contribution in [2.24, 2.45) is 0 Å². The van der Waals surface area contributed by atoms with Gasteiger partial charge in [-0.15, -0.1) is 0 Å². The summed E-state index contributed by atoms with van der Waals surface area (Å²) in [5.74, 6) is 1.64. The molecule has 244 valence electrons. The average molecular weight is 635 g/mol. The molecule has 10 nitrogen and oxygen atoms in total. The van der Waals surface area contributed by atoms with E-state index < -0.39 is 0 Å². The van der Waals surface area contributed by atoms with Crippen molar-refractivity contribution in [2.75, 3.05) is 12.4 Å². The standard InChI is InChI=1S/C37H42N6O4/c1-7-31-34(39-24-42(35(31)44)22-26-14-18-30(46-6)19-15-26)47-23-28-11-9-8-10-27(28)21-38-36(45)40-33-20-32(37(3,4)5)41-43(33)29-16-12-25(2)13-17-29/h8-20,24H,7,21-23H2,1-6H3,(H2,38,40,45). The van der Waals surface area contributed by atoms with Gasteiger partial charge in [0.05, 0.1) is 30.6 Å². The molecule has 0 radical (unpaired) electrons. The van der Waals surface area contributed by atoms with Crippen LogP contribution in [0.25, 0.3) is 5.69 Å². The van der Waals surface area contributed by atoms with Gasteiger partial charge in [-0.2, -0.15) is 5.10 Å². The molecule has 5 rings (SSSR count). The highest BCUT2D eigenvalue weighted by atomic mass is 16.5. The van der Waals surface area contributed by atoms with E-state index in [1.165, 1.54) is 6.33 Å². The Morgan fingerprint density at radius 3 is 2.32 bits per heavy atom. The number of carbonyl (C=O) groups is 1. The van der Waals surface area contributed by atoms with E-state index in [0.29, 0.717) is 30.2 Å². The van der Waals surface area contributed by atoms with Gasteiger partial charge in [-0.25, -0.2) is 14.5 Å². The van der Waals surface area contributed by atoms with Crippen LogP contribution in [-0.2, 0) is 31.5 Å². The molecule has 0 fully saturated rings. The third-order valence-electron chi connectivity index (χ3n) is 7.88. The van der Waals surface area contributed by atoms with Crippen LogP contribution in [-0.4, -0.2) is 32.5 Å². The molecule has 0 spiro atoms. The van der Waals surface area contributed by atoms with Gasteiger partial charge >= 0.3 is 6.03 Å². The molecule has 0 aliphatic carbocycles. The summed E-state index contributed by atoms with van der Waals surface area (Å²) in [6.45, 7) is 11.1. The number of methoxy groups -OCH3 is 1. The largest absolute Gasteiger partial charge is 0.497 e. The Hall–Kier alpha value is -5.38. The van der Waals surface area contributed by atoms with Crippen molar-refractivity contribution in [2.45, 2.75) is 66.2 Å². The van der Waals surface area contributed by atoms with E-state index in [1.54, 1.807) is 16.4 Å². The van der Waals surface area contributed by atoms with Crippen LogP contribution >= 0.6 is 0 Å². The van der Waals surface area contributed by atoms with Gasteiger partial charge in [0, 0.05) is 18.0 Å². The number of urea groups is 1. The van der Waals surface area contributed by atoms with Crippen molar-refractivity contribution in [3.63, 3.8) is 0 Å². The summed E-state index contributed by atoms with van der Waals surface area (Å²) in [7, 11) is 1.62. The molecule has 10 heteroatoms. The number of amides is 2. The van der Waals surface area contributed by atoms with Gasteiger partial charge in [-0.1, -0.05) is 81.8 Å². The molecule has 2 aromatic heterocycles. The topological polar surface area (TPSA) is 112 Å². The number of nitrogens with one attached hydrogen (secondary N) is 2. The maximum atomic E-state index is 13.3. The number of ether oxygens (including phenoxy) is 2. The molecule has 0 aliphatic rings. The molecule has 3 aromatic carbocycles. The third-order valence-corrected chi connectivity index (χ3v) is 7.88. The minimum Gasteiger partial charge on any atom is -0.497 e. The van der Waals surface area contributed by atoms with E-state index in [-0.39, 0.29) is 30.2 Å². The van der Waals surface area contributed by atoms with Crippen molar-refractivity contribution < 1.29 is 14.3 Å². The normalized spacial score (nSPS) is 11.3. The summed E-state index contributed by atoms with van der Waals surface area (Å²) in [5.41, 5.74) is 5.76. The van der Waals surface area contributed by atoms with Crippen LogP contribution in [0.15, 0.2) is 90.0 Å². The lowest BCUT2D eigenvalue weighted by molar-refractivity contribution is 0.251. The fourth-order valence-electron chi connectivity index (χ4n) is 5.06. The highest BCUT2D eigenvalue weighted by molar-refractivity contribution is 5.88. The molecule has 2 amide bonds. The summed E-state index contributed by atoms with van der Waals surface area (Å²) < 4.78 is 14.7. The second-order valence-electron chi connectivity index (χ2n) is 12.4. The minimum atomic E-state index is -0.357. The summed E-state index contributed by atoms with van der Waals surface area (Å²) >= 11 is 0. The Kier molecular flexibility index (Phi) is 10.1. The number of aryl methyl sites for hydroxylation is 1. The summed E-state index contributed by atoms with van der Waals surface area (Å²) in [4.78, 5) is 30.9. The molecule has 0 saturated heterocycles. The first-order valence-electron chi connectivity index (χ1n) is 15.7. The van der Waals surface area contributed by atoms with E-state index in [2.05, 4.69) is 36.4 Å². The SMILES string of the molecule is CCc1c(OCc2ccccc2CNC(=O)Nc2cc(C(C)(C)C)nn2-c2ccc(C)cc2)ncn(Cc2ccc(OC)cc2)c1=O. The lowest BCUT2D eigenvalue weighted by Gasteiger charge is -2.15. The highest BCUT2D eigenvalue weighted by Crippen LogP contribution is 2.26. The Balaban J connectivity index is 1.26. The van der Waals surface area contributed by atoms with Gasteiger partial charge < -0.3 is 14.8 Å². The van der Waals surface area contributed by atoms with Crippen molar-refractivity contribution in [1.82, 2.24) is 24.6 Å². The molecule has 0 unspecified atom stereocenters. The molecular weight excluding hydrogens is 592 g/mol. The second-order valence-corrected chi connectivity index (χ2v) is 12.4. The quantitative estimate of drug-likeness (QED) is 0.170. The van der Waals surface area contributed by atoms with Crippen LogP contribution in [0.3, 0.4) is 0 Å². The zero-order chi connectivity index (χ0) is 33.6. The van der Waals surface area contributed by atoms with E-state index in [1.807, 2.05) is 92.7 Å². The molecule has 5 aromatic rings. The van der Waals surface area contributed by atoms with Gasteiger partial charge in [-0.05, 0) is 54.3 Å². The van der Waals surface area contributed by atoms with E-state index in [9.17, 15) is 9.59 Å². The van der Waals surface area contributed by atoms with E-state index in [0.717, 1.165) is 39.4 Å². The van der Waals surface area contributed by atoms with Gasteiger partial charge in [0.25, 0.3) is 5.56 Å². The number of anilines is 1. The predicted octanol–water partition coefficient (Wildman–Crippen LogP) is 6.55. The third kappa shape index (κ3) is 8.07. The van der Waals surface area contributed by atoms with Gasteiger partial charge in [0.15, 0.2) is 0 Å². The number of nitrogens with zero attached hydrogens (tertiary/aromatic N) is 4. The number of benzene rings is 3. The van der Waals surface area contributed by atoms with Crippen LogP contribution in [0.4, 0.5) is 10.6 Å². The van der Waals surface area contributed by atoms with Crippen LogP contribution in [0.1, 0.15) is 61.2 Å². The fraction of sp³-hybridized carbons (Fsp3) is 0.297. The zero-order valence-electron chi connectivity index (χ0n) is 27.8. The predicted molar refractivity (Wildman–Crippen MR) is 184 cm³/mol. The number of rotatable bonds is 11. The van der Waals surface area contributed by atoms with Crippen molar-refractivity contribution in [1.29, 1.82) is 0 Å². The zero-order valence-corrected chi connectivity index (χ0v) is 27.8. The van der Waals surface area contributed by atoms with Crippen LogP contribution in [0.5, 0.6) is 11.6 Å². The monoisotopic (exact) mass is 634 g/mol. The van der Waals surface area contributed by atoms with E-state index in [4.69, 9.17) is 14.6 Å². The lowest BCUT2D eigenvalue weighted by atomic mass is 9.92. The van der Waals surface area contributed by atoms with Gasteiger partial charge in [-0.3, -0.25) is 14.7 Å². The average Bonchev–Trinajstić information content (AvgIpc) is 3.49. The number of aromatic nitrogens is 4. The smallest absolute Gasteiger partial charge is 0.320 e. The first kappa shape index (κ1) is 33.0. The first-order valence-corrected chi connectivity index (χ1v) is 15.7. The number of hydrogen-bond acceptors (Lipinski definition) is 6. The Morgan fingerprint density at radius 1 is 0.957 bits per heavy atom. The van der Waals surface area contributed by atoms with Crippen LogP contribution in [0, 0.1) is 6.92 Å². The van der Waals surface area contributed by atoms with Crippen LogP contribution < -0.4 is 25.7 Å². The maximum Gasteiger partial charge on any atom is 0.320 e. The van der Waals surface area contributed by atoms with Crippen molar-refractivity contribution in [3.05, 3.63) is 129 Å². The number of hydrogen-bond donors (Lipinski definition) is 2. The number of carbonyl (C=O) groups excluding carboxylic acids is 1. The molecule has 47 heavy (non-hydrogen) atoms. The Labute approximate surface area is 275 Å². The fourth-order valence-corrected chi connectivity index (χ4v) is 5.06. The molecular formula is C37H42N6O4. The minimum absolute atomic E-state index is 0.139. The Bertz CT molecular complexity index is 1890. The summed E-state index contributed by atoms with van der Waals surface area (Å²) in [6.07, 6.45) is 2.00. The van der Waals surface area contributed by atoms with Gasteiger partial charge in [0.1, 0.15) is 24.5 Å². The molecule has 2 N–H and O–H groups in total. The lowest BCUT2D eigenvalue weighted by Crippen LogP contribution is -2.29. The summed E-state index contributed by atoms with van der Waals surface area (Å²) in [6, 6.07) is 24.8. The Morgan fingerprint density at radius 2 is 1.66 bits per heavy atom. The molecule has 0 aliphatic heterocycles. The summed E-state index contributed by atoms with van der Waals surface area (Å²) in [5, 5.41) is 10.7. The molecule has 0 bridgehead atoms. The second kappa shape index (κ2) is 14.4. The van der Waals surface area contributed by atoms with Gasteiger partial charge in [0.2, 0.25) is 5.88 Å².